The van der Waals surface area contributed by atoms with Gasteiger partial charge in [-0.1, -0.05) is 18.2 Å². The lowest BCUT2D eigenvalue weighted by Gasteiger charge is -2.35. The molecule has 1 aromatic carbocycles. The van der Waals surface area contributed by atoms with Crippen LogP contribution in [0.3, 0.4) is 0 Å². The maximum Gasteiger partial charge on any atom is 0.129 e. The average Bonchev–Trinajstić information content (AvgIpc) is 2.62. The van der Waals surface area contributed by atoms with Crippen molar-refractivity contribution in [3.63, 3.8) is 0 Å². The maximum atomic E-state index is 8.88. The number of aliphatic hydroxyl groups is 1. The van der Waals surface area contributed by atoms with Gasteiger partial charge < -0.3 is 15.7 Å². The largest absolute Gasteiger partial charge is 0.395 e. The first-order chi connectivity index (χ1) is 12.3. The van der Waals surface area contributed by atoms with E-state index in [0.717, 1.165) is 41.1 Å². The summed E-state index contributed by atoms with van der Waals surface area (Å²) in [4.78, 5) is 13.2. The summed E-state index contributed by atoms with van der Waals surface area (Å²) in [5.41, 5.74) is 2.07. The number of nitrogens with one attached hydrogen (secondary N) is 2. The van der Waals surface area contributed by atoms with E-state index in [1.807, 2.05) is 30.3 Å². The van der Waals surface area contributed by atoms with Gasteiger partial charge in [-0.25, -0.2) is 15.0 Å². The highest BCUT2D eigenvalue weighted by atomic mass is 16.3. The summed E-state index contributed by atoms with van der Waals surface area (Å²) in [6.45, 7) is 0.590. The standard InChI is InChI=1S/C19H21N5O/c25-8-7-20-19-11-17(21-12-22-19)14-9-15(10-14)23-18-6-5-13-3-1-2-4-16(13)24-18/h1-6,11-12,14-15,25H,7-10H2,(H,23,24)(H,20,21,22). The molecule has 3 N–H and O–H groups in total. The molecule has 6 nitrogen and oxygen atoms in total. The Bertz CT molecular complexity index is 863. The van der Waals surface area contributed by atoms with Crippen molar-refractivity contribution in [1.29, 1.82) is 0 Å². The number of aliphatic hydroxyl groups excluding tert-OH is 1. The number of hydrogen-bond acceptors (Lipinski definition) is 6. The quantitative estimate of drug-likeness (QED) is 0.642. The summed E-state index contributed by atoms with van der Waals surface area (Å²) in [7, 11) is 0. The number of para-hydroxylation sites is 1. The molecule has 1 saturated carbocycles. The molecule has 6 heteroatoms. The van der Waals surface area contributed by atoms with Gasteiger partial charge in [0, 0.05) is 35.7 Å². The number of pyridine rings is 1. The summed E-state index contributed by atoms with van der Waals surface area (Å²) in [6, 6.07) is 14.7. The Morgan fingerprint density at radius 3 is 2.80 bits per heavy atom. The zero-order valence-electron chi connectivity index (χ0n) is 13.9. The first-order valence-electron chi connectivity index (χ1n) is 8.61. The highest BCUT2D eigenvalue weighted by Crippen LogP contribution is 2.37. The van der Waals surface area contributed by atoms with Crippen molar-refractivity contribution in [2.45, 2.75) is 24.8 Å². The van der Waals surface area contributed by atoms with E-state index in [4.69, 9.17) is 5.11 Å². The monoisotopic (exact) mass is 335 g/mol. The molecule has 1 fully saturated rings. The Hall–Kier alpha value is -2.73. The molecule has 0 radical (unpaired) electrons. The van der Waals surface area contributed by atoms with Crippen LogP contribution in [0.15, 0.2) is 48.8 Å². The number of nitrogens with zero attached hydrogens (tertiary/aromatic N) is 3. The van der Waals surface area contributed by atoms with Gasteiger partial charge in [0.05, 0.1) is 12.1 Å². The van der Waals surface area contributed by atoms with Gasteiger partial charge in [-0.2, -0.15) is 0 Å². The average molecular weight is 335 g/mol. The molecule has 128 valence electrons. The van der Waals surface area contributed by atoms with Crippen LogP contribution in [0.25, 0.3) is 10.9 Å². The van der Waals surface area contributed by atoms with Crippen LogP contribution in [0.1, 0.15) is 24.5 Å². The van der Waals surface area contributed by atoms with Crippen molar-refractivity contribution in [3.8, 4) is 0 Å². The molecule has 25 heavy (non-hydrogen) atoms. The van der Waals surface area contributed by atoms with Gasteiger partial charge in [-0.05, 0) is 31.0 Å². The van der Waals surface area contributed by atoms with Crippen LogP contribution < -0.4 is 10.6 Å². The number of anilines is 2. The smallest absolute Gasteiger partial charge is 0.129 e. The van der Waals surface area contributed by atoms with Gasteiger partial charge in [0.1, 0.15) is 18.0 Å². The SMILES string of the molecule is OCCNc1cc(C2CC(Nc3ccc4ccccc4n3)C2)ncn1. The summed E-state index contributed by atoms with van der Waals surface area (Å²) in [6.07, 6.45) is 3.65. The molecule has 0 atom stereocenters. The van der Waals surface area contributed by atoms with E-state index in [2.05, 4.69) is 37.7 Å². The third kappa shape index (κ3) is 3.53. The van der Waals surface area contributed by atoms with Crippen LogP contribution in [0.5, 0.6) is 0 Å². The van der Waals surface area contributed by atoms with Gasteiger partial charge in [-0.3, -0.25) is 0 Å². The fourth-order valence-electron chi connectivity index (χ4n) is 3.21. The second-order valence-electron chi connectivity index (χ2n) is 6.38. The second kappa shape index (κ2) is 7.03. The third-order valence-corrected chi connectivity index (χ3v) is 4.61. The molecule has 0 saturated heterocycles. The molecule has 0 aliphatic heterocycles. The second-order valence-corrected chi connectivity index (χ2v) is 6.38. The summed E-state index contributed by atoms with van der Waals surface area (Å²) >= 11 is 0. The highest BCUT2D eigenvalue weighted by molar-refractivity contribution is 5.80. The van der Waals surface area contributed by atoms with Crippen molar-refractivity contribution < 1.29 is 5.11 Å². The lowest BCUT2D eigenvalue weighted by Crippen LogP contribution is -2.34. The number of fused-ring (bicyclic) bond motifs is 1. The number of benzene rings is 1. The molecule has 1 aliphatic carbocycles. The molecule has 4 rings (SSSR count). The minimum atomic E-state index is 0.0908. The minimum Gasteiger partial charge on any atom is -0.395 e. The van der Waals surface area contributed by atoms with Gasteiger partial charge in [0.25, 0.3) is 0 Å². The van der Waals surface area contributed by atoms with Crippen LogP contribution in [0.2, 0.25) is 0 Å². The van der Waals surface area contributed by atoms with Crippen molar-refractivity contribution in [2.75, 3.05) is 23.8 Å². The zero-order valence-corrected chi connectivity index (χ0v) is 13.9. The number of hydrogen-bond donors (Lipinski definition) is 3. The van der Waals surface area contributed by atoms with Crippen LogP contribution in [0, 0.1) is 0 Å². The Balaban J connectivity index is 1.36. The van der Waals surface area contributed by atoms with Crippen LogP contribution in [-0.4, -0.2) is 39.3 Å². The van der Waals surface area contributed by atoms with E-state index in [9.17, 15) is 0 Å². The van der Waals surface area contributed by atoms with E-state index in [-0.39, 0.29) is 6.61 Å². The molecule has 0 amide bonds. The van der Waals surface area contributed by atoms with E-state index >= 15 is 0 Å². The van der Waals surface area contributed by atoms with E-state index < -0.39 is 0 Å². The number of aromatic nitrogens is 3. The normalized spacial score (nSPS) is 19.4. The zero-order chi connectivity index (χ0) is 17.1. The Labute approximate surface area is 146 Å². The van der Waals surface area contributed by atoms with Crippen molar-refractivity contribution in [2.24, 2.45) is 0 Å². The van der Waals surface area contributed by atoms with Crippen molar-refractivity contribution >= 4 is 22.5 Å². The molecule has 0 spiro atoms. The molecule has 3 aromatic rings. The van der Waals surface area contributed by atoms with Crippen LogP contribution in [0.4, 0.5) is 11.6 Å². The molecule has 1 aliphatic rings. The molecular formula is C19H21N5O. The predicted molar refractivity (Wildman–Crippen MR) is 98.7 cm³/mol. The molecule has 2 heterocycles. The van der Waals surface area contributed by atoms with Crippen molar-refractivity contribution in [3.05, 3.63) is 54.5 Å². The fraction of sp³-hybridized carbons (Fsp3) is 0.316. The summed E-state index contributed by atoms with van der Waals surface area (Å²) < 4.78 is 0. The topological polar surface area (TPSA) is 83.0 Å². The van der Waals surface area contributed by atoms with Gasteiger partial charge in [-0.15, -0.1) is 0 Å². The highest BCUT2D eigenvalue weighted by Gasteiger charge is 2.31. The Kier molecular flexibility index (Phi) is 4.43. The summed E-state index contributed by atoms with van der Waals surface area (Å²) in [5.74, 6) is 2.14. The van der Waals surface area contributed by atoms with Gasteiger partial charge in [0.15, 0.2) is 0 Å². The third-order valence-electron chi connectivity index (χ3n) is 4.61. The summed E-state index contributed by atoms with van der Waals surface area (Å²) in [5, 5.41) is 16.6. The maximum absolute atomic E-state index is 8.88. The number of rotatable bonds is 6. The van der Waals surface area contributed by atoms with Crippen LogP contribution >= 0.6 is 0 Å². The Morgan fingerprint density at radius 2 is 1.92 bits per heavy atom. The predicted octanol–water partition coefficient (Wildman–Crippen LogP) is 2.79. The molecule has 0 unspecified atom stereocenters. The fourth-order valence-corrected chi connectivity index (χ4v) is 3.21. The molecular weight excluding hydrogens is 314 g/mol. The van der Waals surface area contributed by atoms with Crippen LogP contribution in [-0.2, 0) is 0 Å². The Morgan fingerprint density at radius 1 is 1.04 bits per heavy atom. The molecule has 0 bridgehead atoms. The lowest BCUT2D eigenvalue weighted by atomic mass is 9.78. The van der Waals surface area contributed by atoms with Gasteiger partial charge in [0.2, 0.25) is 0 Å². The first kappa shape index (κ1) is 15.8. The lowest BCUT2D eigenvalue weighted by molar-refractivity contribution is 0.311. The minimum absolute atomic E-state index is 0.0908. The van der Waals surface area contributed by atoms with E-state index in [0.29, 0.717) is 18.5 Å². The van der Waals surface area contributed by atoms with E-state index in [1.54, 1.807) is 6.33 Å². The van der Waals surface area contributed by atoms with Gasteiger partial charge >= 0.3 is 0 Å². The van der Waals surface area contributed by atoms with E-state index in [1.165, 1.54) is 0 Å². The van der Waals surface area contributed by atoms with Crippen molar-refractivity contribution in [1.82, 2.24) is 15.0 Å². The first-order valence-corrected chi connectivity index (χ1v) is 8.61. The molecule has 2 aromatic heterocycles.